The van der Waals surface area contributed by atoms with Crippen LogP contribution in [0, 0.1) is 11.8 Å². The van der Waals surface area contributed by atoms with E-state index in [1.807, 2.05) is 11.9 Å². The lowest BCUT2D eigenvalue weighted by Crippen LogP contribution is -2.24. The van der Waals surface area contributed by atoms with Crippen molar-refractivity contribution in [1.29, 1.82) is 0 Å². The number of hydrogen-bond donors (Lipinski definition) is 1. The molecular formula is C9H15NO4. The number of carboxylic acid groups (broad SMARTS) is 1. The van der Waals surface area contributed by atoms with Gasteiger partial charge in [-0.2, -0.15) is 0 Å². The lowest BCUT2D eigenvalue weighted by molar-refractivity contribution is -0.145. The lowest BCUT2D eigenvalue weighted by atomic mass is 9.93. The van der Waals surface area contributed by atoms with E-state index in [1.165, 1.54) is 7.11 Å². The van der Waals surface area contributed by atoms with Gasteiger partial charge in [0.1, 0.15) is 0 Å². The second-order valence-electron chi connectivity index (χ2n) is 3.71. The highest BCUT2D eigenvalue weighted by Crippen LogP contribution is 2.25. The Bertz CT molecular complexity index is 241. The maximum absolute atomic E-state index is 11.0. The molecule has 80 valence electrons. The maximum atomic E-state index is 11.0. The number of esters is 1. The van der Waals surface area contributed by atoms with Crippen LogP contribution in [0.5, 0.6) is 0 Å². The average Bonchev–Trinajstić information content (AvgIpc) is 2.46. The third kappa shape index (κ3) is 2.45. The zero-order chi connectivity index (χ0) is 10.7. The molecule has 2 unspecified atom stereocenters. The van der Waals surface area contributed by atoms with E-state index in [-0.39, 0.29) is 18.3 Å². The van der Waals surface area contributed by atoms with Gasteiger partial charge < -0.3 is 14.7 Å². The molecule has 1 rings (SSSR count). The van der Waals surface area contributed by atoms with Crippen LogP contribution < -0.4 is 0 Å². The Labute approximate surface area is 82.6 Å². The SMILES string of the molecule is COC(=O)CC1CN(C)CC1C(=O)O. The first kappa shape index (κ1) is 11.0. The minimum absolute atomic E-state index is 0.120. The van der Waals surface area contributed by atoms with Crippen LogP contribution in [-0.2, 0) is 14.3 Å². The minimum Gasteiger partial charge on any atom is -0.481 e. The molecule has 0 saturated carbocycles. The zero-order valence-electron chi connectivity index (χ0n) is 8.40. The molecular weight excluding hydrogens is 186 g/mol. The Kier molecular flexibility index (Phi) is 3.46. The molecule has 1 heterocycles. The van der Waals surface area contributed by atoms with Crippen molar-refractivity contribution in [1.82, 2.24) is 4.90 Å². The number of carbonyl (C=O) groups is 2. The molecule has 0 radical (unpaired) electrons. The topological polar surface area (TPSA) is 66.8 Å². The number of carbonyl (C=O) groups excluding carboxylic acids is 1. The molecule has 0 spiro atoms. The summed E-state index contributed by atoms with van der Waals surface area (Å²) in [4.78, 5) is 23.8. The predicted octanol–water partition coefficient (Wildman–Crippen LogP) is -0.188. The largest absolute Gasteiger partial charge is 0.481 e. The second kappa shape index (κ2) is 4.41. The summed E-state index contributed by atoms with van der Waals surface area (Å²) < 4.78 is 4.53. The predicted molar refractivity (Wildman–Crippen MR) is 48.7 cm³/mol. The van der Waals surface area contributed by atoms with E-state index >= 15 is 0 Å². The van der Waals surface area contributed by atoms with E-state index in [1.54, 1.807) is 0 Å². The van der Waals surface area contributed by atoms with Crippen molar-refractivity contribution >= 4 is 11.9 Å². The van der Waals surface area contributed by atoms with Gasteiger partial charge in [-0.25, -0.2) is 0 Å². The fraction of sp³-hybridized carbons (Fsp3) is 0.778. The molecule has 1 aliphatic heterocycles. The van der Waals surface area contributed by atoms with E-state index in [4.69, 9.17) is 5.11 Å². The number of likely N-dealkylation sites (tertiary alicyclic amines) is 1. The highest BCUT2D eigenvalue weighted by atomic mass is 16.5. The van der Waals surface area contributed by atoms with Crippen LogP contribution >= 0.6 is 0 Å². The maximum Gasteiger partial charge on any atom is 0.308 e. The molecule has 1 aliphatic rings. The van der Waals surface area contributed by atoms with Gasteiger partial charge in [-0.05, 0) is 13.0 Å². The van der Waals surface area contributed by atoms with Crippen molar-refractivity contribution in [3.8, 4) is 0 Å². The fourth-order valence-corrected chi connectivity index (χ4v) is 1.87. The molecule has 1 saturated heterocycles. The van der Waals surface area contributed by atoms with E-state index < -0.39 is 11.9 Å². The Balaban J connectivity index is 2.57. The third-order valence-corrected chi connectivity index (χ3v) is 2.60. The normalized spacial score (nSPS) is 27.6. The Morgan fingerprint density at radius 3 is 2.64 bits per heavy atom. The summed E-state index contributed by atoms with van der Waals surface area (Å²) in [6.45, 7) is 1.16. The van der Waals surface area contributed by atoms with E-state index in [2.05, 4.69) is 4.74 Å². The molecule has 14 heavy (non-hydrogen) atoms. The van der Waals surface area contributed by atoms with Crippen LogP contribution in [0.15, 0.2) is 0 Å². The molecule has 1 N–H and O–H groups in total. The highest BCUT2D eigenvalue weighted by Gasteiger charge is 2.37. The van der Waals surface area contributed by atoms with Gasteiger partial charge in [0.2, 0.25) is 0 Å². The summed E-state index contributed by atoms with van der Waals surface area (Å²) in [6, 6.07) is 0. The number of ether oxygens (including phenoxy) is 1. The highest BCUT2D eigenvalue weighted by molar-refractivity contribution is 5.74. The standard InChI is InChI=1S/C9H15NO4/c1-10-4-6(3-8(11)14-2)7(5-10)9(12)13/h6-7H,3-5H2,1-2H3,(H,12,13). The summed E-state index contributed by atoms with van der Waals surface area (Å²) in [5.74, 6) is -1.73. The quantitative estimate of drug-likeness (QED) is 0.641. The number of aliphatic carboxylic acids is 1. The monoisotopic (exact) mass is 201 g/mol. The first-order valence-corrected chi connectivity index (χ1v) is 4.52. The van der Waals surface area contributed by atoms with Crippen LogP contribution in [0.25, 0.3) is 0 Å². The van der Waals surface area contributed by atoms with E-state index in [0.717, 1.165) is 0 Å². The van der Waals surface area contributed by atoms with Gasteiger partial charge in [-0.1, -0.05) is 0 Å². The number of rotatable bonds is 3. The Hall–Kier alpha value is -1.10. The summed E-state index contributed by atoms with van der Waals surface area (Å²) in [7, 11) is 3.17. The van der Waals surface area contributed by atoms with Crippen molar-refractivity contribution in [2.45, 2.75) is 6.42 Å². The summed E-state index contributed by atoms with van der Waals surface area (Å²) >= 11 is 0. The van der Waals surface area contributed by atoms with Crippen molar-refractivity contribution in [3.63, 3.8) is 0 Å². The van der Waals surface area contributed by atoms with Crippen LogP contribution in [0.4, 0.5) is 0 Å². The molecule has 0 amide bonds. The van der Waals surface area contributed by atoms with Crippen molar-refractivity contribution in [3.05, 3.63) is 0 Å². The summed E-state index contributed by atoms with van der Waals surface area (Å²) in [5, 5.41) is 8.91. The second-order valence-corrected chi connectivity index (χ2v) is 3.71. The lowest BCUT2D eigenvalue weighted by Gasteiger charge is -2.12. The Morgan fingerprint density at radius 1 is 1.50 bits per heavy atom. The van der Waals surface area contributed by atoms with E-state index in [9.17, 15) is 9.59 Å². The molecule has 0 aromatic heterocycles. The van der Waals surface area contributed by atoms with Crippen molar-refractivity contribution in [2.24, 2.45) is 11.8 Å². The molecule has 0 aliphatic carbocycles. The molecule has 0 aromatic carbocycles. The Morgan fingerprint density at radius 2 is 2.14 bits per heavy atom. The van der Waals surface area contributed by atoms with Gasteiger partial charge in [0, 0.05) is 13.1 Å². The van der Waals surface area contributed by atoms with Crippen LogP contribution in [0.3, 0.4) is 0 Å². The van der Waals surface area contributed by atoms with Crippen molar-refractivity contribution < 1.29 is 19.4 Å². The van der Waals surface area contributed by atoms with Crippen LogP contribution in [-0.4, -0.2) is 49.2 Å². The van der Waals surface area contributed by atoms with Gasteiger partial charge >= 0.3 is 11.9 Å². The van der Waals surface area contributed by atoms with Gasteiger partial charge in [0.15, 0.2) is 0 Å². The van der Waals surface area contributed by atoms with Gasteiger partial charge in [-0.3, -0.25) is 9.59 Å². The third-order valence-electron chi connectivity index (χ3n) is 2.60. The molecule has 2 atom stereocenters. The number of methoxy groups -OCH3 is 1. The molecule has 5 nitrogen and oxygen atoms in total. The van der Waals surface area contributed by atoms with Gasteiger partial charge in [0.25, 0.3) is 0 Å². The molecule has 0 bridgehead atoms. The molecule has 5 heteroatoms. The number of carboxylic acids is 1. The minimum atomic E-state index is -0.830. The smallest absolute Gasteiger partial charge is 0.308 e. The van der Waals surface area contributed by atoms with Crippen LogP contribution in [0.1, 0.15) is 6.42 Å². The number of hydrogen-bond acceptors (Lipinski definition) is 4. The first-order valence-electron chi connectivity index (χ1n) is 4.52. The van der Waals surface area contributed by atoms with Gasteiger partial charge in [0.05, 0.1) is 19.4 Å². The van der Waals surface area contributed by atoms with E-state index in [0.29, 0.717) is 13.1 Å². The molecule has 1 fully saturated rings. The fourth-order valence-electron chi connectivity index (χ4n) is 1.87. The average molecular weight is 201 g/mol. The molecule has 0 aromatic rings. The summed E-state index contributed by atoms with van der Waals surface area (Å²) in [6.07, 6.45) is 0.192. The first-order chi connectivity index (χ1) is 6.54. The summed E-state index contributed by atoms with van der Waals surface area (Å²) in [5.41, 5.74) is 0. The van der Waals surface area contributed by atoms with Crippen molar-refractivity contribution in [2.75, 3.05) is 27.2 Å². The number of nitrogens with zero attached hydrogens (tertiary/aromatic N) is 1. The zero-order valence-corrected chi connectivity index (χ0v) is 8.40. The van der Waals surface area contributed by atoms with Crippen LogP contribution in [0.2, 0.25) is 0 Å². The van der Waals surface area contributed by atoms with Gasteiger partial charge in [-0.15, -0.1) is 0 Å².